The second kappa shape index (κ2) is 5.51. The lowest BCUT2D eigenvalue weighted by Crippen LogP contribution is -2.27. The number of aromatic nitrogens is 3. The first-order valence-corrected chi connectivity index (χ1v) is 6.93. The van der Waals surface area contributed by atoms with Gasteiger partial charge >= 0.3 is 0 Å². The number of pyridine rings is 1. The third kappa shape index (κ3) is 3.01. The number of H-pyrrole nitrogens is 1. The topological polar surface area (TPSA) is 92.1 Å². The van der Waals surface area contributed by atoms with Gasteiger partial charge in [0.1, 0.15) is 0 Å². The van der Waals surface area contributed by atoms with Crippen LogP contribution in [-0.2, 0) is 11.2 Å². The van der Waals surface area contributed by atoms with Gasteiger partial charge in [0.15, 0.2) is 5.82 Å². The molecule has 2 aromatic rings. The molecular formula is C14H16N4O3. The molecule has 1 saturated heterocycles. The van der Waals surface area contributed by atoms with Crippen molar-refractivity contribution in [2.75, 3.05) is 13.1 Å². The highest BCUT2D eigenvalue weighted by Gasteiger charge is 2.20. The second-order valence-electron chi connectivity index (χ2n) is 5.17. The number of carbonyl (C=O) groups excluding carboxylic acids is 1. The van der Waals surface area contributed by atoms with Crippen molar-refractivity contribution in [3.8, 4) is 11.5 Å². The van der Waals surface area contributed by atoms with Crippen LogP contribution < -0.4 is 5.56 Å². The van der Waals surface area contributed by atoms with Crippen LogP contribution in [0, 0.1) is 6.92 Å². The molecule has 2 aromatic heterocycles. The lowest BCUT2D eigenvalue weighted by Gasteiger charge is -2.13. The summed E-state index contributed by atoms with van der Waals surface area (Å²) in [5.74, 6) is 1.05. The van der Waals surface area contributed by atoms with Crippen LogP contribution in [0.15, 0.2) is 21.5 Å². The average Bonchev–Trinajstić information content (AvgIpc) is 3.04. The Kier molecular flexibility index (Phi) is 3.55. The Bertz CT molecular complexity index is 719. The van der Waals surface area contributed by atoms with Gasteiger partial charge in [0, 0.05) is 43.3 Å². The van der Waals surface area contributed by atoms with Crippen molar-refractivity contribution in [2.45, 2.75) is 26.2 Å². The van der Waals surface area contributed by atoms with Gasteiger partial charge in [-0.3, -0.25) is 9.59 Å². The van der Waals surface area contributed by atoms with Crippen molar-refractivity contribution in [1.29, 1.82) is 0 Å². The monoisotopic (exact) mass is 288 g/mol. The summed E-state index contributed by atoms with van der Waals surface area (Å²) in [6.07, 6.45) is 2.10. The van der Waals surface area contributed by atoms with E-state index in [4.69, 9.17) is 4.52 Å². The fourth-order valence-electron chi connectivity index (χ4n) is 2.45. The van der Waals surface area contributed by atoms with Gasteiger partial charge in [-0.1, -0.05) is 5.16 Å². The lowest BCUT2D eigenvalue weighted by atomic mass is 10.2. The summed E-state index contributed by atoms with van der Waals surface area (Å²) < 4.78 is 5.19. The minimum Gasteiger partial charge on any atom is -0.342 e. The van der Waals surface area contributed by atoms with Crippen LogP contribution in [0.5, 0.6) is 0 Å². The fraction of sp³-hybridized carbons (Fsp3) is 0.429. The predicted molar refractivity (Wildman–Crippen MR) is 74.6 cm³/mol. The number of aromatic amines is 1. The minimum atomic E-state index is -0.201. The first-order chi connectivity index (χ1) is 10.1. The minimum absolute atomic E-state index is 0.184. The van der Waals surface area contributed by atoms with E-state index >= 15 is 0 Å². The third-order valence-corrected chi connectivity index (χ3v) is 3.47. The Morgan fingerprint density at radius 3 is 2.95 bits per heavy atom. The van der Waals surface area contributed by atoms with Crippen LogP contribution >= 0.6 is 0 Å². The van der Waals surface area contributed by atoms with Crippen LogP contribution in [0.1, 0.15) is 24.4 Å². The molecule has 0 atom stereocenters. The third-order valence-electron chi connectivity index (χ3n) is 3.47. The summed E-state index contributed by atoms with van der Waals surface area (Å²) in [4.78, 5) is 31.7. The summed E-state index contributed by atoms with van der Waals surface area (Å²) in [6.45, 7) is 3.20. The van der Waals surface area contributed by atoms with Gasteiger partial charge in [-0.25, -0.2) is 0 Å². The van der Waals surface area contributed by atoms with Crippen molar-refractivity contribution in [3.63, 3.8) is 0 Å². The largest absolute Gasteiger partial charge is 0.342 e. The van der Waals surface area contributed by atoms with Crippen molar-refractivity contribution >= 4 is 5.91 Å². The molecular weight excluding hydrogens is 272 g/mol. The number of amides is 1. The molecule has 0 aliphatic carbocycles. The maximum absolute atomic E-state index is 11.5. The highest BCUT2D eigenvalue weighted by molar-refractivity contribution is 5.78. The normalized spacial score (nSPS) is 14.9. The van der Waals surface area contributed by atoms with E-state index in [0.717, 1.165) is 18.7 Å². The van der Waals surface area contributed by atoms with E-state index in [9.17, 15) is 9.59 Å². The molecule has 0 unspecified atom stereocenters. The second-order valence-corrected chi connectivity index (χ2v) is 5.17. The number of likely N-dealkylation sites (tertiary alicyclic amines) is 1. The number of rotatable bonds is 4. The van der Waals surface area contributed by atoms with Crippen LogP contribution in [0.3, 0.4) is 0 Å². The Morgan fingerprint density at radius 1 is 1.38 bits per heavy atom. The predicted octanol–water partition coefficient (Wildman–Crippen LogP) is 0.898. The number of nitrogens with zero attached hydrogens (tertiary/aromatic N) is 3. The molecule has 1 N–H and O–H groups in total. The van der Waals surface area contributed by atoms with Crippen LogP contribution in [0.25, 0.3) is 11.5 Å². The molecule has 7 nitrogen and oxygen atoms in total. The first-order valence-electron chi connectivity index (χ1n) is 6.93. The molecule has 110 valence electrons. The summed E-state index contributed by atoms with van der Waals surface area (Å²) in [6, 6.07) is 3.21. The molecule has 0 saturated carbocycles. The van der Waals surface area contributed by atoms with Gasteiger partial charge in [-0.05, 0) is 19.4 Å². The molecule has 7 heteroatoms. The van der Waals surface area contributed by atoms with Crippen molar-refractivity contribution in [2.24, 2.45) is 0 Å². The van der Waals surface area contributed by atoms with Crippen molar-refractivity contribution in [3.05, 3.63) is 34.0 Å². The lowest BCUT2D eigenvalue weighted by molar-refractivity contribution is -0.127. The zero-order valence-electron chi connectivity index (χ0n) is 11.8. The van der Waals surface area contributed by atoms with Gasteiger partial charge in [-0.15, -0.1) is 0 Å². The molecule has 1 amide bonds. The number of aryl methyl sites for hydroxylation is 1. The van der Waals surface area contributed by atoms with Crippen LogP contribution in [0.4, 0.5) is 0 Å². The van der Waals surface area contributed by atoms with Crippen molar-refractivity contribution < 1.29 is 9.32 Å². The highest BCUT2D eigenvalue weighted by Crippen LogP contribution is 2.16. The summed E-state index contributed by atoms with van der Waals surface area (Å²) in [5.41, 5.74) is 1.14. The van der Waals surface area contributed by atoms with Crippen LogP contribution in [0.2, 0.25) is 0 Å². The van der Waals surface area contributed by atoms with E-state index in [0.29, 0.717) is 36.7 Å². The van der Waals surface area contributed by atoms with E-state index in [1.54, 1.807) is 13.0 Å². The molecule has 21 heavy (non-hydrogen) atoms. The Hall–Kier alpha value is -2.44. The molecule has 1 fully saturated rings. The molecule has 3 heterocycles. The Morgan fingerprint density at radius 2 is 2.24 bits per heavy atom. The summed E-state index contributed by atoms with van der Waals surface area (Å²) >= 11 is 0. The molecule has 0 bridgehead atoms. The van der Waals surface area contributed by atoms with Gasteiger partial charge in [-0.2, -0.15) is 4.98 Å². The molecule has 1 aliphatic rings. The van der Waals surface area contributed by atoms with Crippen molar-refractivity contribution in [1.82, 2.24) is 20.0 Å². The maximum Gasteiger partial charge on any atom is 0.258 e. The SMILES string of the molecule is Cc1cc(-c2nc(CCN3CCCC3=O)no2)cc(=O)[nH]1. The average molecular weight is 288 g/mol. The molecule has 3 rings (SSSR count). The quantitative estimate of drug-likeness (QED) is 0.902. The van der Waals surface area contributed by atoms with Crippen LogP contribution in [-0.4, -0.2) is 39.0 Å². The van der Waals surface area contributed by atoms with E-state index in [1.165, 1.54) is 6.07 Å². The number of nitrogens with one attached hydrogen (secondary N) is 1. The smallest absolute Gasteiger partial charge is 0.258 e. The molecule has 0 radical (unpaired) electrons. The first kappa shape index (κ1) is 13.5. The zero-order valence-corrected chi connectivity index (χ0v) is 11.8. The summed E-state index contributed by atoms with van der Waals surface area (Å²) in [5, 5.41) is 3.90. The van der Waals surface area contributed by atoms with E-state index < -0.39 is 0 Å². The van der Waals surface area contributed by atoms with Gasteiger partial charge in [0.2, 0.25) is 11.5 Å². The van der Waals surface area contributed by atoms with Gasteiger partial charge < -0.3 is 14.4 Å². The van der Waals surface area contributed by atoms with E-state index in [2.05, 4.69) is 15.1 Å². The van der Waals surface area contributed by atoms with Gasteiger partial charge in [0.25, 0.3) is 5.89 Å². The zero-order chi connectivity index (χ0) is 14.8. The molecule has 0 aromatic carbocycles. The standard InChI is InChI=1S/C14H16N4O3/c1-9-7-10(8-12(19)15-9)14-16-11(17-21-14)4-6-18-5-2-3-13(18)20/h7-8H,2-6H2,1H3,(H,15,19). The number of carbonyl (C=O) groups is 1. The van der Waals surface area contributed by atoms with E-state index in [1.807, 2.05) is 4.90 Å². The summed E-state index contributed by atoms with van der Waals surface area (Å²) in [7, 11) is 0. The highest BCUT2D eigenvalue weighted by atomic mass is 16.5. The van der Waals surface area contributed by atoms with Gasteiger partial charge in [0.05, 0.1) is 0 Å². The molecule has 1 aliphatic heterocycles. The maximum atomic E-state index is 11.5. The number of hydrogen-bond donors (Lipinski definition) is 1. The Balaban J connectivity index is 1.71. The number of hydrogen-bond acceptors (Lipinski definition) is 5. The fourth-order valence-corrected chi connectivity index (χ4v) is 2.45. The van der Waals surface area contributed by atoms with E-state index in [-0.39, 0.29) is 11.5 Å². The Labute approximate surface area is 121 Å². The molecule has 0 spiro atoms.